The van der Waals surface area contributed by atoms with Crippen LogP contribution >= 0.6 is 22.6 Å². The molecule has 5 rings (SSSR count). The van der Waals surface area contributed by atoms with Gasteiger partial charge in [-0.2, -0.15) is 0 Å². The molecule has 0 unspecified atom stereocenters. The number of nitrogens with two attached hydrogens (primary N) is 1. The Morgan fingerprint density at radius 3 is 2.39 bits per heavy atom. The lowest BCUT2D eigenvalue weighted by Gasteiger charge is -2.34. The quantitative estimate of drug-likeness (QED) is 0.340. The van der Waals surface area contributed by atoms with E-state index in [0.717, 1.165) is 27.5 Å². The normalized spacial score (nSPS) is 20.4. The molecule has 2 saturated heterocycles. The SMILES string of the molecule is CC(C)OC(=O)N1CCC([C@@H](C)Oc2ccc(-c3cnc(N4C[C@H](c5cc(I)ccc5F)[C@@H](N)C4)nc3)cn2)CC1. The molecule has 218 valence electrons. The molecule has 3 aromatic rings. The van der Waals surface area contributed by atoms with Crippen LogP contribution in [0.4, 0.5) is 15.1 Å². The Labute approximate surface area is 253 Å². The topological polar surface area (TPSA) is 107 Å². The first-order valence-electron chi connectivity index (χ1n) is 14.0. The minimum atomic E-state index is -0.244. The predicted molar refractivity (Wildman–Crippen MR) is 163 cm³/mol. The summed E-state index contributed by atoms with van der Waals surface area (Å²) in [6.45, 7) is 8.22. The van der Waals surface area contributed by atoms with Crippen molar-refractivity contribution in [3.8, 4) is 17.0 Å². The van der Waals surface area contributed by atoms with Crippen molar-refractivity contribution < 1.29 is 18.7 Å². The summed E-state index contributed by atoms with van der Waals surface area (Å²) in [5.41, 5.74) is 8.76. The second-order valence-corrected chi connectivity index (χ2v) is 12.3. The van der Waals surface area contributed by atoms with E-state index in [1.807, 2.05) is 36.9 Å². The van der Waals surface area contributed by atoms with Crippen LogP contribution in [0.5, 0.6) is 5.88 Å². The molecule has 2 aliphatic rings. The number of hydrogen-bond acceptors (Lipinski definition) is 8. The molecule has 3 atom stereocenters. The lowest BCUT2D eigenvalue weighted by atomic mass is 9.92. The molecule has 0 bridgehead atoms. The van der Waals surface area contributed by atoms with Gasteiger partial charge in [-0.3, -0.25) is 0 Å². The van der Waals surface area contributed by atoms with Crippen LogP contribution < -0.4 is 15.4 Å². The van der Waals surface area contributed by atoms with Gasteiger partial charge < -0.3 is 25.0 Å². The minimum absolute atomic E-state index is 0.0253. The maximum atomic E-state index is 14.5. The van der Waals surface area contributed by atoms with Crippen LogP contribution in [0.15, 0.2) is 48.9 Å². The van der Waals surface area contributed by atoms with Crippen molar-refractivity contribution in [2.45, 2.75) is 57.8 Å². The zero-order chi connectivity index (χ0) is 29.1. The third-order valence-electron chi connectivity index (χ3n) is 7.82. The van der Waals surface area contributed by atoms with Crippen molar-refractivity contribution >= 4 is 34.6 Å². The summed E-state index contributed by atoms with van der Waals surface area (Å²) in [6, 6.07) is 8.71. The van der Waals surface area contributed by atoms with E-state index < -0.39 is 0 Å². The number of likely N-dealkylation sites (tertiary alicyclic amines) is 1. The van der Waals surface area contributed by atoms with E-state index in [4.69, 9.17) is 15.2 Å². The Balaban J connectivity index is 1.15. The first kappa shape index (κ1) is 29.4. The molecule has 1 amide bonds. The third kappa shape index (κ3) is 7.06. The summed E-state index contributed by atoms with van der Waals surface area (Å²) in [6.07, 6.45) is 6.63. The highest BCUT2D eigenvalue weighted by molar-refractivity contribution is 14.1. The number of amides is 1. The van der Waals surface area contributed by atoms with Gasteiger partial charge >= 0.3 is 6.09 Å². The van der Waals surface area contributed by atoms with Crippen LogP contribution in [0.3, 0.4) is 0 Å². The minimum Gasteiger partial charge on any atom is -0.474 e. The van der Waals surface area contributed by atoms with Crippen LogP contribution in [0.1, 0.15) is 45.1 Å². The third-order valence-corrected chi connectivity index (χ3v) is 8.49. The van der Waals surface area contributed by atoms with Gasteiger partial charge in [0.2, 0.25) is 11.8 Å². The van der Waals surface area contributed by atoms with Crippen LogP contribution in [0.25, 0.3) is 11.1 Å². The van der Waals surface area contributed by atoms with Crippen molar-refractivity contribution in [2.75, 3.05) is 31.1 Å². The molecular formula is C30H36FIN6O3. The van der Waals surface area contributed by atoms with Crippen molar-refractivity contribution in [3.05, 3.63) is 63.9 Å². The van der Waals surface area contributed by atoms with Gasteiger partial charge in [0.15, 0.2) is 0 Å². The highest BCUT2D eigenvalue weighted by Crippen LogP contribution is 2.32. The van der Waals surface area contributed by atoms with Crippen LogP contribution in [-0.4, -0.2) is 70.4 Å². The Bertz CT molecular complexity index is 1340. The van der Waals surface area contributed by atoms with Gasteiger partial charge in [0.05, 0.1) is 6.10 Å². The Hall–Kier alpha value is -3.06. The molecule has 1 aromatic carbocycles. The largest absolute Gasteiger partial charge is 0.474 e. The average Bonchev–Trinajstić information content (AvgIpc) is 3.35. The number of rotatable bonds is 7. The smallest absolute Gasteiger partial charge is 0.410 e. The van der Waals surface area contributed by atoms with E-state index in [1.54, 1.807) is 29.6 Å². The highest BCUT2D eigenvalue weighted by Gasteiger charge is 2.34. The van der Waals surface area contributed by atoms with E-state index in [1.165, 1.54) is 6.07 Å². The second kappa shape index (κ2) is 12.8. The zero-order valence-electron chi connectivity index (χ0n) is 23.5. The van der Waals surface area contributed by atoms with Crippen LogP contribution in [0.2, 0.25) is 0 Å². The molecule has 0 radical (unpaired) electrons. The monoisotopic (exact) mass is 674 g/mol. The van der Waals surface area contributed by atoms with Gasteiger partial charge in [0.25, 0.3) is 0 Å². The molecule has 2 N–H and O–H groups in total. The fraction of sp³-hybridized carbons (Fsp3) is 0.467. The molecule has 0 aliphatic carbocycles. The number of carbonyl (C=O) groups excluding carboxylic acids is 1. The average molecular weight is 675 g/mol. The molecule has 0 spiro atoms. The fourth-order valence-corrected chi connectivity index (χ4v) is 6.00. The van der Waals surface area contributed by atoms with Gasteiger partial charge in [-0.05, 0) is 92.0 Å². The summed E-state index contributed by atoms with van der Waals surface area (Å²) < 4.78 is 26.9. The number of piperidine rings is 1. The van der Waals surface area contributed by atoms with Gasteiger partial charge in [0, 0.05) is 77.5 Å². The Morgan fingerprint density at radius 1 is 1.02 bits per heavy atom. The number of halogens is 2. The Morgan fingerprint density at radius 2 is 1.73 bits per heavy atom. The number of aromatic nitrogens is 3. The number of pyridine rings is 1. The first-order valence-corrected chi connectivity index (χ1v) is 15.1. The molecule has 2 aliphatic heterocycles. The van der Waals surface area contributed by atoms with E-state index in [9.17, 15) is 9.18 Å². The Kier molecular flexibility index (Phi) is 9.22. The molecule has 9 nitrogen and oxygen atoms in total. The van der Waals surface area contributed by atoms with Gasteiger partial charge in [-0.25, -0.2) is 24.1 Å². The molecular weight excluding hydrogens is 638 g/mol. The molecule has 11 heteroatoms. The van der Waals surface area contributed by atoms with Crippen LogP contribution in [-0.2, 0) is 4.74 Å². The summed E-state index contributed by atoms with van der Waals surface area (Å²) in [4.78, 5) is 29.6. The number of hydrogen-bond donors (Lipinski definition) is 1. The van der Waals surface area contributed by atoms with E-state index in [0.29, 0.717) is 49.5 Å². The number of anilines is 1. The van der Waals surface area contributed by atoms with Crippen LogP contribution in [0, 0.1) is 15.3 Å². The molecule has 2 fully saturated rings. The lowest BCUT2D eigenvalue weighted by Crippen LogP contribution is -2.42. The maximum Gasteiger partial charge on any atom is 0.410 e. The van der Waals surface area contributed by atoms with E-state index in [2.05, 4.69) is 44.5 Å². The second-order valence-electron chi connectivity index (χ2n) is 11.1. The lowest BCUT2D eigenvalue weighted by molar-refractivity contribution is 0.0486. The van der Waals surface area contributed by atoms with E-state index >= 15 is 0 Å². The number of ether oxygens (including phenoxy) is 2. The summed E-state index contributed by atoms with van der Waals surface area (Å²) in [7, 11) is 0. The molecule has 4 heterocycles. The van der Waals surface area contributed by atoms with Gasteiger partial charge in [-0.15, -0.1) is 0 Å². The zero-order valence-corrected chi connectivity index (χ0v) is 25.7. The predicted octanol–water partition coefficient (Wildman–Crippen LogP) is 5.24. The van der Waals surface area contributed by atoms with Crippen molar-refractivity contribution in [2.24, 2.45) is 11.7 Å². The molecule has 41 heavy (non-hydrogen) atoms. The maximum absolute atomic E-state index is 14.5. The number of nitrogens with zero attached hydrogens (tertiary/aromatic N) is 5. The fourth-order valence-electron chi connectivity index (χ4n) is 5.49. The standard InChI is InChI=1S/C30H36FIN6O3/c1-18(2)40-30(39)37-10-8-20(9-11-37)19(3)41-28-7-4-21(13-34-28)22-14-35-29(36-15-22)38-16-25(27(33)17-38)24-12-23(32)5-6-26(24)31/h4-7,12-15,18-20,25,27H,8-11,16-17,33H2,1-3H3/t19-,25-,27+/m1/s1. The van der Waals surface area contributed by atoms with Gasteiger partial charge in [0.1, 0.15) is 11.9 Å². The highest BCUT2D eigenvalue weighted by atomic mass is 127. The summed E-state index contributed by atoms with van der Waals surface area (Å²) in [5, 5.41) is 0. The van der Waals surface area contributed by atoms with E-state index in [-0.39, 0.29) is 36.1 Å². The van der Waals surface area contributed by atoms with Gasteiger partial charge in [-0.1, -0.05) is 0 Å². The molecule has 0 saturated carbocycles. The van der Waals surface area contributed by atoms with Crippen molar-refractivity contribution in [1.29, 1.82) is 0 Å². The first-order chi connectivity index (χ1) is 19.7. The van der Waals surface area contributed by atoms with Crippen molar-refractivity contribution in [1.82, 2.24) is 19.9 Å². The summed E-state index contributed by atoms with van der Waals surface area (Å²) >= 11 is 2.19. The summed E-state index contributed by atoms with van der Waals surface area (Å²) in [5.74, 6) is 1.11. The number of carbonyl (C=O) groups is 1. The van der Waals surface area contributed by atoms with Crippen molar-refractivity contribution in [3.63, 3.8) is 0 Å². The molecule has 2 aromatic heterocycles. The number of benzene rings is 1.